The topological polar surface area (TPSA) is 40.5 Å². The van der Waals surface area contributed by atoms with Gasteiger partial charge in [-0.25, -0.2) is 4.79 Å². The summed E-state index contributed by atoms with van der Waals surface area (Å²) in [6.07, 6.45) is 6.37. The molecule has 0 unspecified atom stereocenters. The summed E-state index contributed by atoms with van der Waals surface area (Å²) in [4.78, 5) is 15.9. The summed E-state index contributed by atoms with van der Waals surface area (Å²) in [6, 6.07) is 48.1. The molecule has 0 fully saturated rings. The average molecular weight is 632 g/mol. The van der Waals surface area contributed by atoms with Gasteiger partial charge in [0.25, 0.3) is 0 Å². The second-order valence-electron chi connectivity index (χ2n) is 10.9. The molecule has 0 aliphatic rings. The van der Waals surface area contributed by atoms with Crippen LogP contribution in [0.5, 0.6) is 0 Å². The van der Waals surface area contributed by atoms with Gasteiger partial charge in [-0.3, -0.25) is 0 Å². The van der Waals surface area contributed by atoms with E-state index in [1.165, 1.54) is 35.5 Å². The van der Waals surface area contributed by atoms with E-state index >= 15 is 0 Å². The highest BCUT2D eigenvalue weighted by Gasteiger charge is 2.16. The normalized spacial score (nSPS) is 11.2. The monoisotopic (exact) mass is 631 g/mol. The summed E-state index contributed by atoms with van der Waals surface area (Å²) in [5.74, 6) is -1.01. The van der Waals surface area contributed by atoms with E-state index in [-0.39, 0.29) is 5.57 Å². The van der Waals surface area contributed by atoms with Crippen LogP contribution in [-0.4, -0.2) is 11.1 Å². The Hall–Kier alpha value is -5.49. The van der Waals surface area contributed by atoms with Gasteiger partial charge in [-0.2, -0.15) is 0 Å². The van der Waals surface area contributed by atoms with Crippen LogP contribution in [0.2, 0.25) is 0 Å². The highest BCUT2D eigenvalue weighted by atomic mass is 32.1. The van der Waals surface area contributed by atoms with Crippen LogP contribution in [0, 0.1) is 0 Å². The number of carboxylic acids is 1. The first-order valence-corrected chi connectivity index (χ1v) is 16.5. The summed E-state index contributed by atoms with van der Waals surface area (Å²) < 4.78 is 2.54. The number of thiophene rings is 2. The molecule has 46 heavy (non-hydrogen) atoms. The Morgan fingerprint density at radius 2 is 1.09 bits per heavy atom. The first kappa shape index (κ1) is 29.2. The predicted molar refractivity (Wildman–Crippen MR) is 198 cm³/mol. The Morgan fingerprint density at radius 3 is 1.61 bits per heavy atom. The Balaban J connectivity index is 1.26. The van der Waals surface area contributed by atoms with Gasteiger partial charge in [0.2, 0.25) is 0 Å². The molecule has 0 saturated carbocycles. The molecule has 7 aromatic rings. The van der Waals surface area contributed by atoms with Crippen LogP contribution < -0.4 is 4.90 Å². The van der Waals surface area contributed by atoms with E-state index in [9.17, 15) is 9.90 Å². The Labute approximate surface area is 276 Å². The molecule has 0 aliphatic heterocycles. The van der Waals surface area contributed by atoms with Crippen LogP contribution in [0.25, 0.3) is 43.5 Å². The molecular weight excluding hydrogens is 603 g/mol. The third kappa shape index (κ3) is 6.20. The number of nitrogens with zero attached hydrogens (tertiary/aromatic N) is 1. The molecule has 1 N–H and O–H groups in total. The first-order chi connectivity index (χ1) is 22.5. The standard InChI is InChI=1S/C41H29NO2S2/c1-28(41(43)44)31-21-17-29(18-22-31)15-16-30-19-23-35(24-20-30)42(34-11-3-2-4-12-34)27-36(39-25-32-9-5-7-13-37(32)45-39)40-26-33-10-6-8-14-38(33)46-40/h2-27H,1H2,(H,43,44). The Kier molecular flexibility index (Phi) is 8.17. The number of hydrogen-bond donors (Lipinski definition) is 1. The Morgan fingerprint density at radius 1 is 0.609 bits per heavy atom. The molecular formula is C41H29NO2S2. The predicted octanol–water partition coefficient (Wildman–Crippen LogP) is 11.6. The number of rotatable bonds is 9. The van der Waals surface area contributed by atoms with Gasteiger partial charge in [-0.1, -0.05) is 110 Å². The van der Waals surface area contributed by atoms with Gasteiger partial charge >= 0.3 is 5.97 Å². The average Bonchev–Trinajstić information content (AvgIpc) is 3.73. The molecule has 222 valence electrons. The summed E-state index contributed by atoms with van der Waals surface area (Å²) in [5.41, 5.74) is 6.06. The van der Waals surface area contributed by atoms with E-state index < -0.39 is 5.97 Å². The molecule has 0 radical (unpaired) electrons. The zero-order chi connectivity index (χ0) is 31.5. The lowest BCUT2D eigenvalue weighted by atomic mass is 10.0. The van der Waals surface area contributed by atoms with Gasteiger partial charge in [0.1, 0.15) is 0 Å². The van der Waals surface area contributed by atoms with Crippen molar-refractivity contribution in [2.75, 3.05) is 4.90 Å². The van der Waals surface area contributed by atoms with Gasteiger partial charge in [-0.05, 0) is 76.0 Å². The van der Waals surface area contributed by atoms with Crippen molar-refractivity contribution in [1.29, 1.82) is 0 Å². The summed E-state index contributed by atoms with van der Waals surface area (Å²) in [6.45, 7) is 3.64. The number of benzene rings is 5. The fourth-order valence-electron chi connectivity index (χ4n) is 5.35. The van der Waals surface area contributed by atoms with Crippen molar-refractivity contribution in [2.24, 2.45) is 0 Å². The number of hydrogen-bond acceptors (Lipinski definition) is 4. The molecule has 0 spiro atoms. The minimum absolute atomic E-state index is 0.0889. The van der Waals surface area contributed by atoms with Crippen LogP contribution >= 0.6 is 22.7 Å². The van der Waals surface area contributed by atoms with Crippen molar-refractivity contribution >= 4 is 83.5 Å². The number of fused-ring (bicyclic) bond motifs is 2. The van der Waals surface area contributed by atoms with Gasteiger partial charge in [0.05, 0.1) is 5.57 Å². The molecule has 7 rings (SSSR count). The maximum atomic E-state index is 11.2. The zero-order valence-electron chi connectivity index (χ0n) is 24.8. The molecule has 3 nitrogen and oxygen atoms in total. The van der Waals surface area contributed by atoms with E-state index in [2.05, 4.69) is 133 Å². The number of carbonyl (C=O) groups is 1. The summed E-state index contributed by atoms with van der Waals surface area (Å²) in [5, 5.41) is 11.7. The summed E-state index contributed by atoms with van der Waals surface area (Å²) in [7, 11) is 0. The van der Waals surface area contributed by atoms with Gasteiger partial charge in [-0.15, -0.1) is 22.7 Å². The third-order valence-electron chi connectivity index (χ3n) is 7.83. The lowest BCUT2D eigenvalue weighted by molar-refractivity contribution is -0.130. The van der Waals surface area contributed by atoms with Crippen LogP contribution in [0.4, 0.5) is 11.4 Å². The molecule has 0 amide bonds. The van der Waals surface area contributed by atoms with E-state index in [1.54, 1.807) is 12.1 Å². The fourth-order valence-corrected chi connectivity index (χ4v) is 7.59. The van der Waals surface area contributed by atoms with Crippen molar-refractivity contribution in [1.82, 2.24) is 0 Å². The number of aliphatic carboxylic acids is 1. The van der Waals surface area contributed by atoms with Gasteiger partial charge in [0.15, 0.2) is 0 Å². The molecule has 0 bridgehead atoms. The molecule has 0 saturated heterocycles. The molecule has 2 heterocycles. The second-order valence-corrected chi connectivity index (χ2v) is 13.0. The van der Waals surface area contributed by atoms with Gasteiger partial charge in [0, 0.05) is 42.3 Å². The van der Waals surface area contributed by atoms with Gasteiger partial charge < -0.3 is 10.0 Å². The largest absolute Gasteiger partial charge is 0.478 e. The lowest BCUT2D eigenvalue weighted by Gasteiger charge is -2.23. The van der Waals surface area contributed by atoms with Crippen molar-refractivity contribution in [3.05, 3.63) is 179 Å². The van der Waals surface area contributed by atoms with Crippen molar-refractivity contribution in [3.63, 3.8) is 0 Å². The number of carboxylic acid groups (broad SMARTS) is 1. The first-order valence-electron chi connectivity index (χ1n) is 14.9. The van der Waals surface area contributed by atoms with Crippen LogP contribution in [0.1, 0.15) is 26.4 Å². The van der Waals surface area contributed by atoms with E-state index in [1.807, 2.05) is 46.9 Å². The molecule has 2 aromatic heterocycles. The van der Waals surface area contributed by atoms with Crippen LogP contribution in [-0.2, 0) is 4.79 Å². The quantitative estimate of drug-likeness (QED) is 0.127. The minimum Gasteiger partial charge on any atom is -0.478 e. The van der Waals surface area contributed by atoms with Crippen LogP contribution in [0.15, 0.2) is 152 Å². The zero-order valence-corrected chi connectivity index (χ0v) is 26.5. The maximum Gasteiger partial charge on any atom is 0.335 e. The minimum atomic E-state index is -1.01. The number of para-hydroxylation sites is 1. The third-order valence-corrected chi connectivity index (χ3v) is 10.1. The molecule has 5 aromatic carbocycles. The lowest BCUT2D eigenvalue weighted by Crippen LogP contribution is -2.09. The molecule has 0 atom stereocenters. The van der Waals surface area contributed by atoms with Crippen molar-refractivity contribution in [2.45, 2.75) is 0 Å². The van der Waals surface area contributed by atoms with Crippen molar-refractivity contribution < 1.29 is 9.90 Å². The molecule has 0 aliphatic carbocycles. The van der Waals surface area contributed by atoms with Crippen molar-refractivity contribution in [3.8, 4) is 0 Å². The smallest absolute Gasteiger partial charge is 0.335 e. The maximum absolute atomic E-state index is 11.2. The second kappa shape index (κ2) is 12.9. The van der Waals surface area contributed by atoms with Crippen LogP contribution in [0.3, 0.4) is 0 Å². The fraction of sp³-hybridized carbons (Fsp3) is 0. The van der Waals surface area contributed by atoms with E-state index in [4.69, 9.17) is 0 Å². The SMILES string of the molecule is C=C(C(=O)O)c1ccc(C=Cc2ccc(N(C=C(c3cc4ccccc4s3)c3cc4ccccc4s3)c3ccccc3)cc2)cc1. The molecule has 5 heteroatoms. The highest BCUT2D eigenvalue weighted by molar-refractivity contribution is 7.22. The Bertz CT molecular complexity index is 2100. The van der Waals surface area contributed by atoms with E-state index in [0.717, 1.165) is 22.5 Å². The highest BCUT2D eigenvalue weighted by Crippen LogP contribution is 2.40. The van der Waals surface area contributed by atoms with E-state index in [0.29, 0.717) is 5.56 Å². The number of anilines is 2. The summed E-state index contributed by atoms with van der Waals surface area (Å²) >= 11 is 3.64.